The number of rotatable bonds is 6. The van der Waals surface area contributed by atoms with Crippen molar-refractivity contribution in [3.63, 3.8) is 0 Å². The molecule has 6 nitrogen and oxygen atoms in total. The summed E-state index contributed by atoms with van der Waals surface area (Å²) in [6, 6.07) is 9.11. The third kappa shape index (κ3) is 4.84. The van der Waals surface area contributed by atoms with E-state index in [-0.39, 0.29) is 17.7 Å². The molecule has 142 valence electrons. The van der Waals surface area contributed by atoms with Gasteiger partial charge in [0.15, 0.2) is 0 Å². The van der Waals surface area contributed by atoms with E-state index < -0.39 is 11.5 Å². The lowest BCUT2D eigenvalue weighted by Gasteiger charge is -2.24. The van der Waals surface area contributed by atoms with Gasteiger partial charge in [-0.25, -0.2) is 0 Å². The van der Waals surface area contributed by atoms with Gasteiger partial charge in [-0.3, -0.25) is 14.4 Å². The Morgan fingerprint density at radius 2 is 1.88 bits per heavy atom. The Balaban J connectivity index is 1.81. The number of benzene rings is 1. The molecule has 3 amide bonds. The summed E-state index contributed by atoms with van der Waals surface area (Å²) in [7, 11) is 1.69. The highest BCUT2D eigenvalue weighted by Gasteiger charge is 2.36. The van der Waals surface area contributed by atoms with E-state index in [1.807, 2.05) is 51.1 Å². The highest BCUT2D eigenvalue weighted by Crippen LogP contribution is 2.24. The second-order valence-corrected chi connectivity index (χ2v) is 7.74. The summed E-state index contributed by atoms with van der Waals surface area (Å²) in [5, 5.41) is 2.84. The van der Waals surface area contributed by atoms with Crippen LogP contribution in [0.15, 0.2) is 30.3 Å². The molecule has 0 spiro atoms. The Labute approximate surface area is 155 Å². The van der Waals surface area contributed by atoms with Crippen LogP contribution in [0.25, 0.3) is 0 Å². The largest absolute Gasteiger partial charge is 0.356 e. The molecule has 2 rings (SSSR count). The molecule has 1 unspecified atom stereocenters. The Bertz CT molecular complexity index is 652. The van der Waals surface area contributed by atoms with E-state index in [4.69, 9.17) is 0 Å². The van der Waals surface area contributed by atoms with E-state index in [1.165, 1.54) is 0 Å². The van der Waals surface area contributed by atoms with E-state index >= 15 is 0 Å². The van der Waals surface area contributed by atoms with Gasteiger partial charge in [0, 0.05) is 37.7 Å². The lowest BCUT2D eigenvalue weighted by atomic mass is 9.96. The molecule has 0 radical (unpaired) electrons. The topological polar surface area (TPSA) is 69.7 Å². The fourth-order valence-corrected chi connectivity index (χ4v) is 2.95. The highest BCUT2D eigenvalue weighted by atomic mass is 16.2. The van der Waals surface area contributed by atoms with Gasteiger partial charge in [0.2, 0.25) is 17.7 Å². The van der Waals surface area contributed by atoms with Gasteiger partial charge in [0.1, 0.15) is 6.04 Å². The fourth-order valence-electron chi connectivity index (χ4n) is 2.95. The number of hydrogen-bond donors (Lipinski definition) is 1. The molecule has 1 heterocycles. The fraction of sp³-hybridized carbons (Fsp3) is 0.550. The molecule has 0 bridgehead atoms. The second kappa shape index (κ2) is 8.34. The maximum Gasteiger partial charge on any atom is 0.249 e. The minimum absolute atomic E-state index is 0.0252. The van der Waals surface area contributed by atoms with Crippen molar-refractivity contribution in [2.24, 2.45) is 5.41 Å². The van der Waals surface area contributed by atoms with Crippen LogP contribution in [0.2, 0.25) is 0 Å². The van der Waals surface area contributed by atoms with Crippen LogP contribution in [-0.4, -0.2) is 48.8 Å². The first-order valence-electron chi connectivity index (χ1n) is 9.12. The predicted octanol–water partition coefficient (Wildman–Crippen LogP) is 2.19. The Kier molecular flexibility index (Phi) is 6.40. The molecule has 1 aliphatic rings. The Morgan fingerprint density at radius 3 is 2.50 bits per heavy atom. The Hall–Kier alpha value is -2.37. The normalized spacial score (nSPS) is 17.3. The molecule has 1 atom stereocenters. The summed E-state index contributed by atoms with van der Waals surface area (Å²) in [5.74, 6) is -0.126. The van der Waals surface area contributed by atoms with Crippen LogP contribution in [0, 0.1) is 5.41 Å². The first-order chi connectivity index (χ1) is 12.2. The lowest BCUT2D eigenvalue weighted by molar-refractivity contribution is -0.136. The van der Waals surface area contributed by atoms with Crippen LogP contribution < -0.4 is 10.2 Å². The van der Waals surface area contributed by atoms with Crippen LogP contribution in [-0.2, 0) is 14.4 Å². The van der Waals surface area contributed by atoms with Crippen molar-refractivity contribution in [1.82, 2.24) is 10.2 Å². The summed E-state index contributed by atoms with van der Waals surface area (Å²) in [6.45, 7) is 6.64. The summed E-state index contributed by atoms with van der Waals surface area (Å²) >= 11 is 0. The minimum Gasteiger partial charge on any atom is -0.356 e. The van der Waals surface area contributed by atoms with Crippen LogP contribution >= 0.6 is 0 Å². The zero-order valence-corrected chi connectivity index (χ0v) is 16.1. The van der Waals surface area contributed by atoms with Gasteiger partial charge in [-0.15, -0.1) is 0 Å². The molecule has 1 aliphatic heterocycles. The third-order valence-electron chi connectivity index (χ3n) is 4.64. The van der Waals surface area contributed by atoms with E-state index in [9.17, 15) is 14.4 Å². The number of nitrogens with one attached hydrogen (secondary N) is 1. The zero-order chi connectivity index (χ0) is 19.3. The zero-order valence-electron chi connectivity index (χ0n) is 16.1. The molecule has 0 aromatic heterocycles. The average molecular weight is 359 g/mol. The predicted molar refractivity (Wildman–Crippen MR) is 102 cm³/mol. The van der Waals surface area contributed by atoms with Crippen molar-refractivity contribution < 1.29 is 14.4 Å². The number of para-hydroxylation sites is 1. The number of carbonyl (C=O) groups is 3. The summed E-state index contributed by atoms with van der Waals surface area (Å²) in [5.41, 5.74) is 0.434. The van der Waals surface area contributed by atoms with Crippen molar-refractivity contribution in [3.8, 4) is 0 Å². The van der Waals surface area contributed by atoms with Gasteiger partial charge in [-0.2, -0.15) is 0 Å². The van der Waals surface area contributed by atoms with Gasteiger partial charge in [0.25, 0.3) is 0 Å². The van der Waals surface area contributed by atoms with Crippen molar-refractivity contribution in [1.29, 1.82) is 0 Å². The van der Waals surface area contributed by atoms with Crippen molar-refractivity contribution in [2.45, 2.75) is 46.1 Å². The molecule has 26 heavy (non-hydrogen) atoms. The molecule has 0 saturated carbocycles. The molecule has 1 fully saturated rings. The standard InChI is InChI=1S/C20H29N3O3/c1-20(2,3)19(26)21-13-8-11-17(24)22(4)16-12-14-23(18(16)25)15-9-6-5-7-10-15/h5-7,9-10,16H,8,11-14H2,1-4H3,(H,21,26). The monoisotopic (exact) mass is 359 g/mol. The molecule has 1 saturated heterocycles. The maximum absolute atomic E-state index is 12.7. The summed E-state index contributed by atoms with van der Waals surface area (Å²) in [4.78, 5) is 40.2. The summed E-state index contributed by atoms with van der Waals surface area (Å²) in [6.07, 6.45) is 1.51. The SMILES string of the molecule is CN(C(=O)CCCNC(=O)C(C)(C)C)C1CCN(c2ccccc2)C1=O. The van der Waals surface area contributed by atoms with Crippen LogP contribution in [0.4, 0.5) is 5.69 Å². The van der Waals surface area contributed by atoms with Crippen LogP contribution in [0.5, 0.6) is 0 Å². The molecule has 1 aromatic rings. The number of likely N-dealkylation sites (N-methyl/N-ethyl adjacent to an activating group) is 1. The average Bonchev–Trinajstić information content (AvgIpc) is 2.99. The van der Waals surface area contributed by atoms with E-state index in [1.54, 1.807) is 16.8 Å². The molecule has 1 aromatic carbocycles. The molecule has 0 aliphatic carbocycles. The van der Waals surface area contributed by atoms with Gasteiger partial charge in [-0.05, 0) is 25.0 Å². The number of hydrogen-bond acceptors (Lipinski definition) is 3. The number of amides is 3. The quantitative estimate of drug-likeness (QED) is 0.792. The number of carbonyl (C=O) groups excluding carboxylic acids is 3. The molecular formula is C20H29N3O3. The molecular weight excluding hydrogens is 330 g/mol. The van der Waals surface area contributed by atoms with Crippen LogP contribution in [0.1, 0.15) is 40.0 Å². The van der Waals surface area contributed by atoms with Crippen molar-refractivity contribution in [2.75, 3.05) is 25.0 Å². The lowest BCUT2D eigenvalue weighted by Crippen LogP contribution is -2.43. The first-order valence-corrected chi connectivity index (χ1v) is 9.12. The molecule has 6 heteroatoms. The van der Waals surface area contributed by atoms with Gasteiger partial charge >= 0.3 is 0 Å². The number of nitrogens with zero attached hydrogens (tertiary/aromatic N) is 2. The van der Waals surface area contributed by atoms with Gasteiger partial charge in [-0.1, -0.05) is 39.0 Å². The van der Waals surface area contributed by atoms with Gasteiger partial charge in [0.05, 0.1) is 0 Å². The third-order valence-corrected chi connectivity index (χ3v) is 4.64. The maximum atomic E-state index is 12.7. The first kappa shape index (κ1) is 19.9. The van der Waals surface area contributed by atoms with Crippen LogP contribution in [0.3, 0.4) is 0 Å². The van der Waals surface area contributed by atoms with E-state index in [0.29, 0.717) is 32.4 Å². The van der Waals surface area contributed by atoms with Crippen molar-refractivity contribution in [3.05, 3.63) is 30.3 Å². The Morgan fingerprint density at radius 1 is 1.23 bits per heavy atom. The molecule has 1 N–H and O–H groups in total. The van der Waals surface area contributed by atoms with E-state index in [2.05, 4.69) is 5.32 Å². The van der Waals surface area contributed by atoms with Crippen molar-refractivity contribution >= 4 is 23.4 Å². The van der Waals surface area contributed by atoms with Gasteiger partial charge < -0.3 is 15.1 Å². The van der Waals surface area contributed by atoms with E-state index in [0.717, 1.165) is 5.69 Å². The minimum atomic E-state index is -0.433. The second-order valence-electron chi connectivity index (χ2n) is 7.74. The number of anilines is 1. The smallest absolute Gasteiger partial charge is 0.249 e. The summed E-state index contributed by atoms with van der Waals surface area (Å²) < 4.78 is 0. The highest BCUT2D eigenvalue weighted by molar-refractivity contribution is 6.01.